The summed E-state index contributed by atoms with van der Waals surface area (Å²) in [6.45, 7) is 17.3. The second-order valence-corrected chi connectivity index (χ2v) is 20.9. The van der Waals surface area contributed by atoms with Crippen LogP contribution in [0.4, 0.5) is 0 Å². The highest BCUT2D eigenvalue weighted by Crippen LogP contribution is 2.41. The molecule has 3 aliphatic heterocycles. The van der Waals surface area contributed by atoms with Gasteiger partial charge in [-0.1, -0.05) is 90.5 Å². The van der Waals surface area contributed by atoms with E-state index in [0.717, 1.165) is 12.0 Å². The van der Waals surface area contributed by atoms with Crippen LogP contribution in [0.25, 0.3) is 0 Å². The lowest BCUT2D eigenvalue weighted by Crippen LogP contribution is -2.61. The minimum absolute atomic E-state index is 0.0984. The molecule has 3 fully saturated rings. The number of rotatable bonds is 5. The first-order valence-electron chi connectivity index (χ1n) is 24.3. The third-order valence-corrected chi connectivity index (χ3v) is 15.2. The average molecular weight is 914 g/mol. The van der Waals surface area contributed by atoms with E-state index in [0.29, 0.717) is 63.4 Å². The molecule has 1 aliphatic carbocycles. The summed E-state index contributed by atoms with van der Waals surface area (Å²) in [5, 5.41) is 45.4. The van der Waals surface area contributed by atoms with Crippen molar-refractivity contribution in [1.29, 1.82) is 0 Å². The minimum atomic E-state index is -2.38. The van der Waals surface area contributed by atoms with Crippen molar-refractivity contribution in [2.45, 2.75) is 194 Å². The van der Waals surface area contributed by atoms with Crippen molar-refractivity contribution in [1.82, 2.24) is 4.90 Å². The van der Waals surface area contributed by atoms with Crippen LogP contribution in [-0.4, -0.2) is 124 Å². The van der Waals surface area contributed by atoms with Crippen LogP contribution in [0.1, 0.15) is 139 Å². The number of aliphatic hydroxyl groups is 4. The fraction of sp³-hybridized carbons (Fsp3) is 0.769. The highest BCUT2D eigenvalue weighted by molar-refractivity contribution is 6.39. The largest absolute Gasteiger partial charge is 0.460 e. The van der Waals surface area contributed by atoms with Gasteiger partial charge < -0.3 is 44.3 Å². The van der Waals surface area contributed by atoms with Crippen LogP contribution in [-0.2, 0) is 38.1 Å². The first-order chi connectivity index (χ1) is 30.5. The number of hydrogen-bond acceptors (Lipinski definition) is 12. The zero-order chi connectivity index (χ0) is 48.4. The van der Waals surface area contributed by atoms with Gasteiger partial charge in [0.05, 0.1) is 24.4 Å². The van der Waals surface area contributed by atoms with E-state index >= 15 is 0 Å². The Morgan fingerprint density at radius 1 is 0.892 bits per heavy atom. The number of amides is 1. The Morgan fingerprint density at radius 2 is 1.60 bits per heavy atom. The molecule has 65 heavy (non-hydrogen) atoms. The fourth-order valence-electron chi connectivity index (χ4n) is 10.4. The Hall–Kier alpha value is -3.04. The number of nitrogens with zero attached hydrogens (tertiary/aromatic N) is 1. The molecule has 15 atom stereocenters. The predicted molar refractivity (Wildman–Crippen MR) is 249 cm³/mol. The number of esters is 1. The van der Waals surface area contributed by atoms with Gasteiger partial charge in [0.15, 0.2) is 0 Å². The number of ketones is 2. The number of methoxy groups -OCH3 is 2. The molecule has 13 heteroatoms. The van der Waals surface area contributed by atoms with Crippen LogP contribution in [0.2, 0.25) is 0 Å². The molecule has 0 aromatic rings. The van der Waals surface area contributed by atoms with Gasteiger partial charge in [-0.05, 0) is 119 Å². The molecule has 368 valence electrons. The average Bonchev–Trinajstić information content (AvgIpc) is 3.26. The molecule has 0 aromatic heterocycles. The van der Waals surface area contributed by atoms with Crippen molar-refractivity contribution in [3.8, 4) is 0 Å². The van der Waals surface area contributed by atoms with Gasteiger partial charge in [-0.25, -0.2) is 4.79 Å². The first-order valence-corrected chi connectivity index (χ1v) is 24.3. The molecule has 4 rings (SSSR count). The SMILES string of the molecule is CO[C@H]1[C@@H](O)[C@H](C)C[C@H](C)/C=C/C=C/C=C(\C)C(C)(C)C[C@@H]2CC[C@@H](C)[C@@](O)(O2)C(=O)C(=O)N2CCCC[C@H]2C(=O)OC([C@H](C)C[C@@H]2CC[C@@H](O)[C@H](OC)C2)CC(=O)[C@H](C)/C=C(\C)[C@H]1O. The summed E-state index contributed by atoms with van der Waals surface area (Å²) in [5.41, 5.74) is 1.13. The molecule has 1 unspecified atom stereocenters. The number of piperidine rings is 1. The summed E-state index contributed by atoms with van der Waals surface area (Å²) in [5.74, 6) is -7.15. The zero-order valence-electron chi connectivity index (χ0n) is 41.2. The Bertz CT molecular complexity index is 1740. The molecular weight excluding hydrogens is 831 g/mol. The number of ether oxygens (including phenoxy) is 4. The van der Waals surface area contributed by atoms with E-state index in [1.807, 2.05) is 45.1 Å². The molecule has 2 bridgehead atoms. The molecule has 4 aliphatic rings. The van der Waals surface area contributed by atoms with Gasteiger partial charge in [0.2, 0.25) is 5.79 Å². The lowest BCUT2D eigenvalue weighted by Gasteiger charge is -2.44. The fourth-order valence-corrected chi connectivity index (χ4v) is 10.4. The zero-order valence-corrected chi connectivity index (χ0v) is 41.2. The maximum absolute atomic E-state index is 14.4. The normalized spacial score (nSPS) is 41.2. The summed E-state index contributed by atoms with van der Waals surface area (Å²) < 4.78 is 23.8. The van der Waals surface area contributed by atoms with Crippen LogP contribution in [0, 0.1) is 40.9 Å². The topological polar surface area (TPSA) is 189 Å². The third-order valence-electron chi connectivity index (χ3n) is 15.2. The Kier molecular flexibility index (Phi) is 20.4. The van der Waals surface area contributed by atoms with E-state index < -0.39 is 77.9 Å². The van der Waals surface area contributed by atoms with Crippen LogP contribution < -0.4 is 0 Å². The third kappa shape index (κ3) is 14.2. The van der Waals surface area contributed by atoms with Crippen LogP contribution in [0.5, 0.6) is 0 Å². The van der Waals surface area contributed by atoms with Gasteiger partial charge in [0, 0.05) is 39.0 Å². The maximum atomic E-state index is 14.4. The molecular formula is C52H83NO12. The second kappa shape index (κ2) is 24.3. The van der Waals surface area contributed by atoms with Crippen molar-refractivity contribution in [2.24, 2.45) is 40.9 Å². The number of allylic oxidation sites excluding steroid dienone is 7. The van der Waals surface area contributed by atoms with Gasteiger partial charge in [-0.15, -0.1) is 0 Å². The molecule has 4 N–H and O–H groups in total. The van der Waals surface area contributed by atoms with Crippen molar-refractivity contribution in [3.05, 3.63) is 47.6 Å². The van der Waals surface area contributed by atoms with E-state index in [4.69, 9.17) is 18.9 Å². The van der Waals surface area contributed by atoms with E-state index in [-0.39, 0.29) is 60.4 Å². The molecule has 0 aromatic carbocycles. The number of Topliss-reactive ketones (excluding diaryl/α,β-unsaturated/α-hetero) is 2. The Balaban J connectivity index is 1.71. The Labute approximate surface area is 389 Å². The van der Waals surface area contributed by atoms with Crippen LogP contribution in [0.3, 0.4) is 0 Å². The van der Waals surface area contributed by atoms with Crippen molar-refractivity contribution in [2.75, 3.05) is 20.8 Å². The summed E-state index contributed by atoms with van der Waals surface area (Å²) >= 11 is 0. The number of cyclic esters (lactones) is 1. The van der Waals surface area contributed by atoms with Gasteiger partial charge >= 0.3 is 5.97 Å². The molecule has 13 nitrogen and oxygen atoms in total. The lowest BCUT2D eigenvalue weighted by atomic mass is 9.76. The van der Waals surface area contributed by atoms with Crippen LogP contribution in [0.15, 0.2) is 47.6 Å². The number of carbonyl (C=O) groups excluding carboxylic acids is 4. The first kappa shape index (κ1) is 54.6. The smallest absolute Gasteiger partial charge is 0.329 e. The quantitative estimate of drug-likeness (QED) is 0.126. The van der Waals surface area contributed by atoms with E-state index in [2.05, 4.69) is 26.8 Å². The lowest BCUT2D eigenvalue weighted by molar-refractivity contribution is -0.266. The van der Waals surface area contributed by atoms with Gasteiger partial charge in [0.25, 0.3) is 11.7 Å². The van der Waals surface area contributed by atoms with Gasteiger partial charge in [-0.3, -0.25) is 14.4 Å². The number of hydrogen-bond donors (Lipinski definition) is 4. The van der Waals surface area contributed by atoms with Crippen molar-refractivity contribution >= 4 is 23.4 Å². The summed E-state index contributed by atoms with van der Waals surface area (Å²) in [7, 11) is 3.02. The second-order valence-electron chi connectivity index (χ2n) is 20.9. The number of fused-ring (bicyclic) bond motifs is 3. The standard InChI is InChI=1S/C52H83NO12/c1-31-17-13-12-14-18-36(6)51(8,9)30-39-22-20-37(7)52(61,65-39)48(58)49(59)53-24-16-15-19-40(53)50(60)64-43(33(3)27-38-21-23-41(54)44(28-38)62-10)29-42(55)32(2)26-35(5)46(57)47(63-11)45(56)34(4)25-31/h12-14,17-18,26,31-34,37-41,43-47,54,56-57,61H,15-16,19-25,27-30H2,1-11H3/b14-12+,17-13+,35-26+,36-18+/t31-,32-,33-,34-,37-,38+,39+,40+,41-,43?,44-,45+,46-,47+,52-/m1/s1. The van der Waals surface area contributed by atoms with E-state index in [9.17, 15) is 39.6 Å². The molecule has 0 radical (unpaired) electrons. The van der Waals surface area contributed by atoms with E-state index in [1.54, 1.807) is 34.0 Å². The highest BCUT2D eigenvalue weighted by atomic mass is 16.6. The number of carbonyl (C=O) groups is 4. The van der Waals surface area contributed by atoms with Crippen molar-refractivity contribution < 1.29 is 58.6 Å². The van der Waals surface area contributed by atoms with E-state index in [1.165, 1.54) is 12.0 Å². The van der Waals surface area contributed by atoms with Crippen molar-refractivity contribution in [3.63, 3.8) is 0 Å². The minimum Gasteiger partial charge on any atom is -0.460 e. The predicted octanol–water partition coefficient (Wildman–Crippen LogP) is 6.98. The van der Waals surface area contributed by atoms with Gasteiger partial charge in [0.1, 0.15) is 30.1 Å². The highest BCUT2D eigenvalue weighted by Gasteiger charge is 2.53. The molecule has 2 saturated heterocycles. The summed E-state index contributed by atoms with van der Waals surface area (Å²) in [6, 6.07) is -1.12. The van der Waals surface area contributed by atoms with Crippen LogP contribution >= 0.6 is 0 Å². The summed E-state index contributed by atoms with van der Waals surface area (Å²) in [6.07, 6.45) is 12.0. The maximum Gasteiger partial charge on any atom is 0.329 e. The molecule has 3 heterocycles. The number of aliphatic hydroxyl groups excluding tert-OH is 3. The monoisotopic (exact) mass is 914 g/mol. The molecule has 0 spiro atoms. The molecule has 1 amide bonds. The Morgan fingerprint density at radius 3 is 2.28 bits per heavy atom. The molecule has 1 saturated carbocycles. The van der Waals surface area contributed by atoms with Gasteiger partial charge in [-0.2, -0.15) is 0 Å². The summed E-state index contributed by atoms with van der Waals surface area (Å²) in [4.78, 5) is 58.2.